The second kappa shape index (κ2) is 6.49. The van der Waals surface area contributed by atoms with Crippen molar-refractivity contribution in [3.8, 4) is 10.6 Å². The van der Waals surface area contributed by atoms with E-state index in [-0.39, 0.29) is 6.10 Å². The Bertz CT molecular complexity index is 525. The number of aromatic amines is 1. The predicted molar refractivity (Wildman–Crippen MR) is 80.8 cm³/mol. The molecule has 0 radical (unpaired) electrons. The number of nitrogens with one attached hydrogen (secondary N) is 2. The zero-order valence-electron chi connectivity index (χ0n) is 11.6. The normalized spacial score (nSPS) is 20.4. The molecule has 0 aliphatic carbocycles. The van der Waals surface area contributed by atoms with Crippen LogP contribution in [0.4, 0.5) is 0 Å². The van der Waals surface area contributed by atoms with Crippen LogP contribution in [0.5, 0.6) is 0 Å². The molecule has 1 aliphatic rings. The molecule has 1 fully saturated rings. The largest absolute Gasteiger partial charge is 0.374 e. The van der Waals surface area contributed by atoms with Gasteiger partial charge in [0.05, 0.1) is 29.5 Å². The van der Waals surface area contributed by atoms with E-state index in [9.17, 15) is 0 Å². The summed E-state index contributed by atoms with van der Waals surface area (Å²) >= 11 is 1.73. The van der Waals surface area contributed by atoms with Crippen LogP contribution in [-0.4, -0.2) is 54.5 Å². The van der Waals surface area contributed by atoms with Crippen molar-refractivity contribution < 1.29 is 4.74 Å². The molecule has 1 aliphatic heterocycles. The summed E-state index contributed by atoms with van der Waals surface area (Å²) in [6.07, 6.45) is 2.18. The van der Waals surface area contributed by atoms with Gasteiger partial charge in [-0.3, -0.25) is 5.10 Å². The highest BCUT2D eigenvalue weighted by molar-refractivity contribution is 7.13. The van der Waals surface area contributed by atoms with Gasteiger partial charge >= 0.3 is 0 Å². The summed E-state index contributed by atoms with van der Waals surface area (Å²) in [6, 6.07) is 4.17. The number of hydrogen-bond donors (Lipinski definition) is 2. The maximum Gasteiger partial charge on any atom is 0.0826 e. The number of aromatic nitrogens is 2. The molecule has 5 nitrogen and oxygen atoms in total. The van der Waals surface area contributed by atoms with Crippen molar-refractivity contribution in [2.75, 3.05) is 33.3 Å². The second-order valence-corrected chi connectivity index (χ2v) is 6.08. The minimum absolute atomic E-state index is 0.283. The van der Waals surface area contributed by atoms with Crippen molar-refractivity contribution in [1.82, 2.24) is 20.4 Å². The van der Waals surface area contributed by atoms with Crippen LogP contribution < -0.4 is 5.32 Å². The first kappa shape index (κ1) is 13.8. The Labute approximate surface area is 122 Å². The van der Waals surface area contributed by atoms with Crippen LogP contribution in [0.2, 0.25) is 0 Å². The molecule has 3 rings (SSSR count). The first-order valence-corrected chi connectivity index (χ1v) is 7.78. The van der Waals surface area contributed by atoms with Gasteiger partial charge in [-0.15, -0.1) is 11.3 Å². The minimum Gasteiger partial charge on any atom is -0.374 e. The first-order chi connectivity index (χ1) is 9.83. The molecule has 0 spiro atoms. The maximum absolute atomic E-state index is 5.74. The van der Waals surface area contributed by atoms with Gasteiger partial charge in [0.15, 0.2) is 0 Å². The van der Waals surface area contributed by atoms with E-state index in [1.54, 1.807) is 11.3 Å². The van der Waals surface area contributed by atoms with Crippen molar-refractivity contribution >= 4 is 11.3 Å². The number of H-pyrrole nitrogens is 1. The molecule has 2 aromatic rings. The lowest BCUT2D eigenvalue weighted by atomic mass is 10.2. The molecule has 0 bridgehead atoms. The lowest BCUT2D eigenvalue weighted by Gasteiger charge is -2.30. The third-order valence-electron chi connectivity index (χ3n) is 3.51. The fourth-order valence-corrected chi connectivity index (χ4v) is 3.19. The summed E-state index contributed by atoms with van der Waals surface area (Å²) in [5, 5.41) is 12.8. The number of hydrogen-bond acceptors (Lipinski definition) is 5. The number of nitrogens with zero attached hydrogens (tertiary/aromatic N) is 2. The van der Waals surface area contributed by atoms with Gasteiger partial charge in [0.25, 0.3) is 0 Å². The fourth-order valence-electron chi connectivity index (χ4n) is 2.44. The van der Waals surface area contributed by atoms with Crippen molar-refractivity contribution in [2.24, 2.45) is 0 Å². The smallest absolute Gasteiger partial charge is 0.0826 e. The van der Waals surface area contributed by atoms with Crippen LogP contribution in [0.15, 0.2) is 23.7 Å². The molecular formula is C14H20N4OS. The van der Waals surface area contributed by atoms with E-state index in [1.165, 1.54) is 10.4 Å². The van der Waals surface area contributed by atoms with Crippen molar-refractivity contribution in [3.05, 3.63) is 29.3 Å². The fraction of sp³-hybridized carbons (Fsp3) is 0.500. The van der Waals surface area contributed by atoms with Gasteiger partial charge in [-0.2, -0.15) is 5.10 Å². The van der Waals surface area contributed by atoms with Gasteiger partial charge in [-0.05, 0) is 18.5 Å². The van der Waals surface area contributed by atoms with Crippen molar-refractivity contribution in [3.63, 3.8) is 0 Å². The van der Waals surface area contributed by atoms with Gasteiger partial charge in [-0.1, -0.05) is 6.07 Å². The first-order valence-electron chi connectivity index (χ1n) is 6.90. The van der Waals surface area contributed by atoms with Crippen molar-refractivity contribution in [2.45, 2.75) is 12.6 Å². The highest BCUT2D eigenvalue weighted by Crippen LogP contribution is 2.25. The Morgan fingerprint density at radius 1 is 1.60 bits per heavy atom. The SMILES string of the molecule is CN1CCO[C@@H](CNCc2cn[nH]c2-c2cccs2)C1. The molecule has 3 heterocycles. The molecule has 0 saturated carbocycles. The summed E-state index contributed by atoms with van der Waals surface area (Å²) in [5.74, 6) is 0. The third-order valence-corrected chi connectivity index (χ3v) is 4.40. The average molecular weight is 292 g/mol. The highest BCUT2D eigenvalue weighted by Gasteiger charge is 2.17. The minimum atomic E-state index is 0.283. The Morgan fingerprint density at radius 2 is 2.55 bits per heavy atom. The quantitative estimate of drug-likeness (QED) is 0.878. The van der Waals surface area contributed by atoms with E-state index in [1.807, 2.05) is 6.20 Å². The van der Waals surface area contributed by atoms with Gasteiger partial charge in [0.1, 0.15) is 0 Å². The molecule has 2 aromatic heterocycles. The van der Waals surface area contributed by atoms with Crippen LogP contribution in [0.1, 0.15) is 5.56 Å². The Kier molecular flexibility index (Phi) is 4.47. The lowest BCUT2D eigenvalue weighted by Crippen LogP contribution is -2.44. The standard InChI is InChI=1S/C14H20N4OS/c1-18-4-5-19-12(10-18)9-15-7-11-8-16-17-14(11)13-3-2-6-20-13/h2-3,6,8,12,15H,4-5,7,9-10H2,1H3,(H,16,17)/t12-/m0/s1. The van der Waals surface area contributed by atoms with E-state index >= 15 is 0 Å². The van der Waals surface area contributed by atoms with E-state index in [2.05, 4.69) is 45.0 Å². The van der Waals surface area contributed by atoms with Gasteiger partial charge in [0.2, 0.25) is 0 Å². The number of ether oxygens (including phenoxy) is 1. The number of thiophene rings is 1. The molecule has 108 valence electrons. The molecular weight excluding hydrogens is 272 g/mol. The summed E-state index contributed by atoms with van der Waals surface area (Å²) in [7, 11) is 2.14. The summed E-state index contributed by atoms with van der Waals surface area (Å²) < 4.78 is 5.74. The molecule has 1 saturated heterocycles. The zero-order valence-corrected chi connectivity index (χ0v) is 12.4. The van der Waals surface area contributed by atoms with Crippen LogP contribution in [-0.2, 0) is 11.3 Å². The lowest BCUT2D eigenvalue weighted by molar-refractivity contribution is -0.0182. The van der Waals surface area contributed by atoms with Crippen LogP contribution in [0.25, 0.3) is 10.6 Å². The summed E-state index contributed by atoms with van der Waals surface area (Å²) in [4.78, 5) is 3.54. The van der Waals surface area contributed by atoms with E-state index < -0.39 is 0 Å². The van der Waals surface area contributed by atoms with Crippen LogP contribution >= 0.6 is 11.3 Å². The Morgan fingerprint density at radius 3 is 3.35 bits per heavy atom. The molecule has 6 heteroatoms. The monoisotopic (exact) mass is 292 g/mol. The molecule has 0 amide bonds. The number of rotatable bonds is 5. The van der Waals surface area contributed by atoms with Gasteiger partial charge in [0, 0.05) is 31.7 Å². The van der Waals surface area contributed by atoms with Gasteiger partial charge in [-0.25, -0.2) is 0 Å². The van der Waals surface area contributed by atoms with E-state index in [0.717, 1.165) is 38.5 Å². The van der Waals surface area contributed by atoms with Crippen molar-refractivity contribution in [1.29, 1.82) is 0 Å². The number of morpholine rings is 1. The predicted octanol–water partition coefficient (Wildman–Crippen LogP) is 1.56. The summed E-state index contributed by atoms with van der Waals surface area (Å²) in [6.45, 7) is 4.54. The molecule has 0 unspecified atom stereocenters. The topological polar surface area (TPSA) is 53.2 Å². The zero-order chi connectivity index (χ0) is 13.8. The second-order valence-electron chi connectivity index (χ2n) is 5.13. The van der Waals surface area contributed by atoms with Crippen LogP contribution in [0.3, 0.4) is 0 Å². The van der Waals surface area contributed by atoms with Gasteiger partial charge < -0.3 is 15.0 Å². The molecule has 0 aromatic carbocycles. The molecule has 20 heavy (non-hydrogen) atoms. The van der Waals surface area contributed by atoms with E-state index in [0.29, 0.717) is 0 Å². The Balaban J connectivity index is 1.53. The highest BCUT2D eigenvalue weighted by atomic mass is 32.1. The maximum atomic E-state index is 5.74. The number of likely N-dealkylation sites (N-methyl/N-ethyl adjacent to an activating group) is 1. The average Bonchev–Trinajstić information content (AvgIpc) is 3.09. The molecule has 1 atom stereocenters. The molecule has 2 N–H and O–H groups in total. The Hall–Kier alpha value is -1.21. The third kappa shape index (κ3) is 3.27. The summed E-state index contributed by atoms with van der Waals surface area (Å²) in [5.41, 5.74) is 2.32. The van der Waals surface area contributed by atoms with E-state index in [4.69, 9.17) is 4.74 Å². The van der Waals surface area contributed by atoms with Crippen LogP contribution in [0, 0.1) is 0 Å².